The van der Waals surface area contributed by atoms with E-state index in [1.807, 2.05) is 30.3 Å². The molecular formula is C24H22N3O4+. The van der Waals surface area contributed by atoms with E-state index in [1.54, 1.807) is 21.3 Å². The molecule has 1 aliphatic rings. The van der Waals surface area contributed by atoms with Gasteiger partial charge in [-0.3, -0.25) is 0 Å². The van der Waals surface area contributed by atoms with E-state index < -0.39 is 0 Å². The average molecular weight is 416 g/mol. The van der Waals surface area contributed by atoms with Crippen molar-refractivity contribution < 1.29 is 23.5 Å². The fourth-order valence-electron chi connectivity index (χ4n) is 4.27. The van der Waals surface area contributed by atoms with Gasteiger partial charge in [0, 0.05) is 17.4 Å². The van der Waals surface area contributed by atoms with Crippen LogP contribution in [0.2, 0.25) is 0 Å². The van der Waals surface area contributed by atoms with Crippen LogP contribution in [0.15, 0.2) is 30.5 Å². The predicted octanol–water partition coefficient (Wildman–Crippen LogP) is 3.34. The fourth-order valence-corrected chi connectivity index (χ4v) is 4.27. The van der Waals surface area contributed by atoms with Crippen molar-refractivity contribution in [2.75, 3.05) is 27.9 Å². The monoisotopic (exact) mass is 416 g/mol. The number of nitriles is 2. The van der Waals surface area contributed by atoms with Crippen LogP contribution in [0.1, 0.15) is 11.1 Å². The van der Waals surface area contributed by atoms with Gasteiger partial charge in [0.1, 0.15) is 6.07 Å². The molecule has 7 heteroatoms. The van der Waals surface area contributed by atoms with E-state index in [0.29, 0.717) is 23.0 Å². The predicted molar refractivity (Wildman–Crippen MR) is 113 cm³/mol. The Kier molecular flexibility index (Phi) is 5.51. The molecule has 0 N–H and O–H groups in total. The minimum atomic E-state index is -0.0492. The molecule has 0 atom stereocenters. The summed E-state index contributed by atoms with van der Waals surface area (Å²) < 4.78 is 24.4. The van der Waals surface area contributed by atoms with Crippen LogP contribution in [-0.4, -0.2) is 27.9 Å². The summed E-state index contributed by atoms with van der Waals surface area (Å²) >= 11 is 0. The second-order valence-electron chi connectivity index (χ2n) is 7.10. The summed E-state index contributed by atoms with van der Waals surface area (Å²) in [5, 5.41) is 20.3. The molecule has 4 rings (SSSR count). The lowest BCUT2D eigenvalue weighted by atomic mass is 9.90. The molecule has 0 radical (unpaired) electrons. The Morgan fingerprint density at radius 3 is 2.42 bits per heavy atom. The molecule has 0 fully saturated rings. The molecule has 0 amide bonds. The number of hydrogen-bond acceptors (Lipinski definition) is 6. The normalized spacial score (nSPS) is 11.6. The number of ether oxygens (including phenoxy) is 4. The fraction of sp³-hybridized carbons (Fsp3) is 0.292. The van der Waals surface area contributed by atoms with E-state index in [-0.39, 0.29) is 13.0 Å². The second kappa shape index (κ2) is 8.41. The minimum Gasteiger partial charge on any atom is -0.493 e. The summed E-state index contributed by atoms with van der Waals surface area (Å²) in [5.41, 5.74) is 3.99. The van der Waals surface area contributed by atoms with Crippen molar-refractivity contribution in [1.29, 1.82) is 10.5 Å². The molecule has 0 saturated carbocycles. The Hall–Kier alpha value is -3.97. The maximum atomic E-state index is 9.61. The number of pyridine rings is 1. The van der Waals surface area contributed by atoms with E-state index in [2.05, 4.69) is 16.8 Å². The van der Waals surface area contributed by atoms with Gasteiger partial charge >= 0.3 is 0 Å². The highest BCUT2D eigenvalue weighted by atomic mass is 16.5. The molecule has 1 aliphatic heterocycles. The van der Waals surface area contributed by atoms with Crippen LogP contribution >= 0.6 is 0 Å². The van der Waals surface area contributed by atoms with Gasteiger partial charge in [0.2, 0.25) is 5.69 Å². The van der Waals surface area contributed by atoms with Gasteiger partial charge in [0.15, 0.2) is 42.3 Å². The van der Waals surface area contributed by atoms with Crippen LogP contribution in [0.25, 0.3) is 22.0 Å². The topological polar surface area (TPSA) is 88.4 Å². The quantitative estimate of drug-likeness (QED) is 0.573. The van der Waals surface area contributed by atoms with Gasteiger partial charge in [-0.2, -0.15) is 15.1 Å². The molecule has 0 aliphatic carbocycles. The molecule has 0 saturated heterocycles. The summed E-state index contributed by atoms with van der Waals surface area (Å²) in [6.45, 7) is 0.688. The first-order valence-corrected chi connectivity index (χ1v) is 9.84. The number of rotatable bonds is 6. The Morgan fingerprint density at radius 2 is 1.74 bits per heavy atom. The summed E-state index contributed by atoms with van der Waals surface area (Å²) in [4.78, 5) is 0. The number of aryl methyl sites for hydroxylation is 2. The van der Waals surface area contributed by atoms with Gasteiger partial charge in [0.25, 0.3) is 0 Å². The Morgan fingerprint density at radius 1 is 0.935 bits per heavy atom. The molecule has 156 valence electrons. The van der Waals surface area contributed by atoms with Crippen molar-refractivity contribution >= 4 is 10.8 Å². The van der Waals surface area contributed by atoms with Gasteiger partial charge in [-0.25, -0.2) is 0 Å². The maximum Gasteiger partial charge on any atom is 0.217 e. The van der Waals surface area contributed by atoms with E-state index in [1.165, 1.54) is 0 Å². The summed E-state index contributed by atoms with van der Waals surface area (Å²) in [7, 11) is 4.81. The van der Waals surface area contributed by atoms with Crippen molar-refractivity contribution in [3.05, 3.63) is 41.6 Å². The lowest BCUT2D eigenvalue weighted by molar-refractivity contribution is -0.686. The first-order chi connectivity index (χ1) is 15.2. The first kappa shape index (κ1) is 20.3. The summed E-state index contributed by atoms with van der Waals surface area (Å²) in [6, 6.07) is 12.0. The van der Waals surface area contributed by atoms with Crippen LogP contribution in [0.3, 0.4) is 0 Å². The number of hydrogen-bond donors (Lipinski definition) is 0. The van der Waals surface area contributed by atoms with Crippen molar-refractivity contribution in [2.24, 2.45) is 0 Å². The zero-order valence-corrected chi connectivity index (χ0v) is 17.7. The molecule has 0 bridgehead atoms. The molecule has 2 aromatic carbocycles. The van der Waals surface area contributed by atoms with Gasteiger partial charge < -0.3 is 18.9 Å². The number of fused-ring (bicyclic) bond motifs is 4. The average Bonchev–Trinajstić information content (AvgIpc) is 2.80. The van der Waals surface area contributed by atoms with E-state index in [0.717, 1.165) is 46.1 Å². The molecule has 0 spiro atoms. The second-order valence-corrected chi connectivity index (χ2v) is 7.10. The highest BCUT2D eigenvalue weighted by molar-refractivity contribution is 5.95. The van der Waals surface area contributed by atoms with Gasteiger partial charge in [-0.1, -0.05) is 0 Å². The SMILES string of the molecule is COc1cc2c(cc1OCC#N)CC[n+]1cc3c(OC)c(OC)ccc3c(CC#N)c1-2. The lowest BCUT2D eigenvalue weighted by Gasteiger charge is -2.21. The molecule has 31 heavy (non-hydrogen) atoms. The Labute approximate surface area is 180 Å². The van der Waals surface area contributed by atoms with Crippen molar-refractivity contribution in [1.82, 2.24) is 0 Å². The zero-order chi connectivity index (χ0) is 22.0. The molecule has 3 aromatic rings. The van der Waals surface area contributed by atoms with E-state index in [9.17, 15) is 5.26 Å². The first-order valence-electron chi connectivity index (χ1n) is 9.84. The maximum absolute atomic E-state index is 9.61. The third-order valence-electron chi connectivity index (χ3n) is 5.58. The molecule has 1 aromatic heterocycles. The number of aromatic nitrogens is 1. The van der Waals surface area contributed by atoms with Gasteiger partial charge in [0.05, 0.1) is 44.8 Å². The third-order valence-corrected chi connectivity index (χ3v) is 5.58. The van der Waals surface area contributed by atoms with Gasteiger partial charge in [-0.05, 0) is 29.8 Å². The van der Waals surface area contributed by atoms with Crippen molar-refractivity contribution in [3.8, 4) is 46.4 Å². The number of benzene rings is 2. The molecular weight excluding hydrogens is 394 g/mol. The van der Waals surface area contributed by atoms with Crippen molar-refractivity contribution in [3.63, 3.8) is 0 Å². The van der Waals surface area contributed by atoms with E-state index >= 15 is 0 Å². The van der Waals surface area contributed by atoms with Crippen LogP contribution in [0, 0.1) is 22.7 Å². The highest BCUT2D eigenvalue weighted by Crippen LogP contribution is 2.42. The standard InChI is InChI=1S/C24H22N3O4/c1-28-20-5-4-16-17(6-8-25)23-18-13-21(29-2)22(31-11-9-26)12-15(18)7-10-27(23)14-19(16)24(20)30-3/h4-5,12-14H,6-7,10-11H2,1-3H3/q+1. The third kappa shape index (κ3) is 3.35. The number of nitrogens with zero attached hydrogens (tertiary/aromatic N) is 3. The number of methoxy groups -OCH3 is 3. The Balaban J connectivity index is 2.01. The van der Waals surface area contributed by atoms with Crippen molar-refractivity contribution in [2.45, 2.75) is 19.4 Å². The van der Waals surface area contributed by atoms with Crippen LogP contribution in [0.4, 0.5) is 0 Å². The summed E-state index contributed by atoms with van der Waals surface area (Å²) in [6.07, 6.45) is 3.09. The largest absolute Gasteiger partial charge is 0.493 e. The van der Waals surface area contributed by atoms with Crippen LogP contribution in [-0.2, 0) is 19.4 Å². The summed E-state index contributed by atoms with van der Waals surface area (Å²) in [5.74, 6) is 2.40. The molecule has 0 unspecified atom stereocenters. The molecule has 7 nitrogen and oxygen atoms in total. The smallest absolute Gasteiger partial charge is 0.217 e. The molecule has 2 heterocycles. The lowest BCUT2D eigenvalue weighted by Crippen LogP contribution is -2.41. The zero-order valence-electron chi connectivity index (χ0n) is 17.7. The van der Waals surface area contributed by atoms with Crippen LogP contribution < -0.4 is 23.5 Å². The minimum absolute atomic E-state index is 0.0492. The highest BCUT2D eigenvalue weighted by Gasteiger charge is 2.31. The Bertz CT molecular complexity index is 1250. The van der Waals surface area contributed by atoms with Crippen LogP contribution in [0.5, 0.6) is 23.0 Å². The van der Waals surface area contributed by atoms with Gasteiger partial charge in [-0.15, -0.1) is 0 Å². The van der Waals surface area contributed by atoms with E-state index in [4.69, 9.17) is 24.2 Å².